The lowest BCUT2D eigenvalue weighted by molar-refractivity contribution is -0.123. The van der Waals surface area contributed by atoms with E-state index in [4.69, 9.17) is 9.84 Å². The molecule has 37 heavy (non-hydrogen) atoms. The SMILES string of the molecule is CC(C)(C)OC(=O)N[C@@H](CCCNC(=O)O)C(=O)NCCCC(c1ccc(F)cc1)c1ccc(F)cc1. The summed E-state index contributed by atoms with van der Waals surface area (Å²) in [7, 11) is 0. The van der Waals surface area contributed by atoms with Gasteiger partial charge in [0, 0.05) is 19.0 Å². The third kappa shape index (κ3) is 11.3. The molecule has 0 unspecified atom stereocenters. The van der Waals surface area contributed by atoms with Gasteiger partial charge in [0.1, 0.15) is 23.3 Å². The quantitative estimate of drug-likeness (QED) is 0.297. The molecule has 0 fully saturated rings. The molecule has 3 amide bonds. The molecule has 2 aromatic rings. The minimum absolute atomic E-state index is 0.129. The molecule has 0 spiro atoms. The van der Waals surface area contributed by atoms with Crippen LogP contribution in [0.1, 0.15) is 63.5 Å². The van der Waals surface area contributed by atoms with Gasteiger partial charge in [0.15, 0.2) is 0 Å². The molecule has 4 N–H and O–H groups in total. The fourth-order valence-corrected chi connectivity index (χ4v) is 3.78. The van der Waals surface area contributed by atoms with Crippen molar-refractivity contribution in [3.63, 3.8) is 0 Å². The summed E-state index contributed by atoms with van der Waals surface area (Å²) in [6.07, 6.45) is -0.212. The standard InChI is InChI=1S/C27H35F2N3O5/c1-27(2,3)37-26(36)32-23(7-5-17-31-25(34)35)24(33)30-16-4-6-22(18-8-12-20(28)13-9-18)19-10-14-21(29)15-11-19/h8-15,22-23,31H,4-7,16-17H2,1-3H3,(H,30,33)(H,32,36)(H,34,35)/t23-/m0/s1. The summed E-state index contributed by atoms with van der Waals surface area (Å²) in [5.74, 6) is -1.25. The Bertz CT molecular complexity index is 978. The molecular weight excluding hydrogens is 484 g/mol. The van der Waals surface area contributed by atoms with E-state index < -0.39 is 29.7 Å². The van der Waals surface area contributed by atoms with E-state index in [1.807, 2.05) is 0 Å². The summed E-state index contributed by atoms with van der Waals surface area (Å²) in [6.45, 7) is 5.55. The zero-order chi connectivity index (χ0) is 27.4. The fraction of sp³-hybridized carbons (Fsp3) is 0.444. The molecule has 8 nitrogen and oxygen atoms in total. The molecule has 0 bridgehead atoms. The molecule has 0 aliphatic carbocycles. The summed E-state index contributed by atoms with van der Waals surface area (Å²) >= 11 is 0. The number of halogens is 2. The third-order valence-electron chi connectivity index (χ3n) is 5.47. The Hall–Kier alpha value is -3.69. The van der Waals surface area contributed by atoms with Crippen LogP contribution in [0.25, 0.3) is 0 Å². The summed E-state index contributed by atoms with van der Waals surface area (Å²) in [4.78, 5) is 35.7. The van der Waals surface area contributed by atoms with Crippen LogP contribution in [0.4, 0.5) is 18.4 Å². The number of carboxylic acid groups (broad SMARTS) is 1. The van der Waals surface area contributed by atoms with E-state index in [0.717, 1.165) is 11.1 Å². The summed E-state index contributed by atoms with van der Waals surface area (Å²) in [5, 5.41) is 16.3. The van der Waals surface area contributed by atoms with Crippen LogP contribution in [-0.2, 0) is 9.53 Å². The van der Waals surface area contributed by atoms with Crippen LogP contribution in [0.15, 0.2) is 48.5 Å². The summed E-state index contributed by atoms with van der Waals surface area (Å²) < 4.78 is 32.1. The van der Waals surface area contributed by atoms with E-state index in [1.165, 1.54) is 24.3 Å². The van der Waals surface area contributed by atoms with Gasteiger partial charge in [0.2, 0.25) is 5.91 Å². The largest absolute Gasteiger partial charge is 0.465 e. The second-order valence-corrected chi connectivity index (χ2v) is 9.66. The van der Waals surface area contributed by atoms with E-state index in [0.29, 0.717) is 25.8 Å². The fourth-order valence-electron chi connectivity index (χ4n) is 3.78. The zero-order valence-corrected chi connectivity index (χ0v) is 21.4. The molecular formula is C27H35F2N3O5. The minimum atomic E-state index is -1.17. The highest BCUT2D eigenvalue weighted by atomic mass is 19.1. The predicted octanol–water partition coefficient (Wildman–Crippen LogP) is 4.93. The lowest BCUT2D eigenvalue weighted by atomic mass is 9.87. The highest BCUT2D eigenvalue weighted by Crippen LogP contribution is 2.29. The molecule has 1 atom stereocenters. The first-order valence-electron chi connectivity index (χ1n) is 12.2. The number of carbonyl (C=O) groups is 3. The first-order valence-corrected chi connectivity index (χ1v) is 12.2. The predicted molar refractivity (Wildman–Crippen MR) is 135 cm³/mol. The molecule has 0 saturated carbocycles. The molecule has 2 aromatic carbocycles. The number of amides is 3. The number of nitrogens with one attached hydrogen (secondary N) is 3. The topological polar surface area (TPSA) is 117 Å². The van der Waals surface area contributed by atoms with E-state index in [1.54, 1.807) is 45.0 Å². The van der Waals surface area contributed by atoms with Crippen LogP contribution < -0.4 is 16.0 Å². The van der Waals surface area contributed by atoms with Gasteiger partial charge in [0.25, 0.3) is 0 Å². The Morgan fingerprint density at radius 1 is 0.838 bits per heavy atom. The average molecular weight is 520 g/mol. The van der Waals surface area contributed by atoms with Crippen molar-refractivity contribution in [1.29, 1.82) is 0 Å². The van der Waals surface area contributed by atoms with Crippen molar-refractivity contribution in [2.45, 2.75) is 64.0 Å². The van der Waals surface area contributed by atoms with E-state index in [9.17, 15) is 23.2 Å². The van der Waals surface area contributed by atoms with Crippen molar-refractivity contribution in [3.05, 3.63) is 71.3 Å². The molecule has 0 heterocycles. The Morgan fingerprint density at radius 3 is 1.81 bits per heavy atom. The van der Waals surface area contributed by atoms with Crippen LogP contribution in [-0.4, -0.2) is 47.9 Å². The lowest BCUT2D eigenvalue weighted by Gasteiger charge is -2.23. The minimum Gasteiger partial charge on any atom is -0.465 e. The maximum Gasteiger partial charge on any atom is 0.408 e. The summed E-state index contributed by atoms with van der Waals surface area (Å²) in [5.41, 5.74) is 0.996. The van der Waals surface area contributed by atoms with Crippen molar-refractivity contribution in [2.24, 2.45) is 0 Å². The van der Waals surface area contributed by atoms with Gasteiger partial charge in [-0.15, -0.1) is 0 Å². The Balaban J connectivity index is 1.98. The summed E-state index contributed by atoms with van der Waals surface area (Å²) in [6, 6.07) is 11.3. The van der Waals surface area contributed by atoms with Crippen molar-refractivity contribution >= 4 is 18.1 Å². The molecule has 0 aromatic heterocycles. The Kier molecular flexibility index (Phi) is 11.3. The smallest absolute Gasteiger partial charge is 0.408 e. The molecule has 0 radical (unpaired) electrons. The lowest BCUT2D eigenvalue weighted by Crippen LogP contribution is -2.48. The molecule has 10 heteroatoms. The monoisotopic (exact) mass is 519 g/mol. The molecule has 2 rings (SSSR count). The van der Waals surface area contributed by atoms with Gasteiger partial charge in [-0.25, -0.2) is 18.4 Å². The number of hydrogen-bond acceptors (Lipinski definition) is 4. The van der Waals surface area contributed by atoms with E-state index in [2.05, 4.69) is 16.0 Å². The second-order valence-electron chi connectivity index (χ2n) is 9.66. The number of ether oxygens (including phenoxy) is 1. The zero-order valence-electron chi connectivity index (χ0n) is 21.4. The van der Waals surface area contributed by atoms with Gasteiger partial charge in [-0.1, -0.05) is 24.3 Å². The van der Waals surface area contributed by atoms with Crippen molar-refractivity contribution in [3.8, 4) is 0 Å². The average Bonchev–Trinajstić information content (AvgIpc) is 2.81. The van der Waals surface area contributed by atoms with Crippen LogP contribution >= 0.6 is 0 Å². The normalized spacial score (nSPS) is 12.1. The molecule has 0 aliphatic heterocycles. The molecule has 202 valence electrons. The van der Waals surface area contributed by atoms with Crippen molar-refractivity contribution in [1.82, 2.24) is 16.0 Å². The van der Waals surface area contributed by atoms with Gasteiger partial charge in [-0.3, -0.25) is 4.79 Å². The van der Waals surface area contributed by atoms with Gasteiger partial charge in [0.05, 0.1) is 0 Å². The highest BCUT2D eigenvalue weighted by Gasteiger charge is 2.24. The first kappa shape index (κ1) is 29.5. The van der Waals surface area contributed by atoms with Gasteiger partial charge < -0.3 is 25.8 Å². The second kappa shape index (κ2) is 14.2. The van der Waals surface area contributed by atoms with E-state index >= 15 is 0 Å². The molecule has 0 saturated heterocycles. The van der Waals surface area contributed by atoms with Crippen molar-refractivity contribution < 1.29 is 33.0 Å². The third-order valence-corrected chi connectivity index (χ3v) is 5.47. The van der Waals surface area contributed by atoms with Crippen molar-refractivity contribution in [2.75, 3.05) is 13.1 Å². The van der Waals surface area contributed by atoms with Crippen LogP contribution in [0, 0.1) is 11.6 Å². The van der Waals surface area contributed by atoms with Gasteiger partial charge in [-0.05, 0) is 81.8 Å². The number of alkyl carbamates (subject to hydrolysis) is 1. The number of carbonyl (C=O) groups excluding carboxylic acids is 2. The van der Waals surface area contributed by atoms with Crippen LogP contribution in [0.2, 0.25) is 0 Å². The molecule has 0 aliphatic rings. The highest BCUT2D eigenvalue weighted by molar-refractivity contribution is 5.85. The first-order chi connectivity index (χ1) is 17.4. The Labute approximate surface area is 215 Å². The maximum atomic E-state index is 13.4. The maximum absolute atomic E-state index is 13.4. The number of benzene rings is 2. The van der Waals surface area contributed by atoms with Crippen LogP contribution in [0.3, 0.4) is 0 Å². The van der Waals surface area contributed by atoms with Gasteiger partial charge in [-0.2, -0.15) is 0 Å². The van der Waals surface area contributed by atoms with Crippen LogP contribution in [0.5, 0.6) is 0 Å². The number of hydrogen-bond donors (Lipinski definition) is 4. The van der Waals surface area contributed by atoms with E-state index in [-0.39, 0.29) is 30.5 Å². The Morgan fingerprint density at radius 2 is 1.32 bits per heavy atom. The van der Waals surface area contributed by atoms with Gasteiger partial charge >= 0.3 is 12.2 Å². The number of rotatable bonds is 12.